The summed E-state index contributed by atoms with van der Waals surface area (Å²) < 4.78 is 0. The van der Waals surface area contributed by atoms with Crippen LogP contribution in [0.4, 0.5) is 4.79 Å². The summed E-state index contributed by atoms with van der Waals surface area (Å²) in [4.78, 5) is 16.5. The average Bonchev–Trinajstić information content (AvgIpc) is 2.39. The normalized spacial score (nSPS) is 30.5. The molecule has 0 saturated carbocycles. The van der Waals surface area contributed by atoms with Gasteiger partial charge in [-0.05, 0) is 38.0 Å². The van der Waals surface area contributed by atoms with Crippen LogP contribution in [0.25, 0.3) is 0 Å². The number of carbonyl (C=O) groups is 1. The zero-order valence-corrected chi connectivity index (χ0v) is 10.9. The molecule has 17 heavy (non-hydrogen) atoms. The molecular weight excluding hydrogens is 214 g/mol. The quantitative estimate of drug-likeness (QED) is 0.756. The minimum atomic E-state index is 0.229. The van der Waals surface area contributed by atoms with Crippen molar-refractivity contribution in [3.63, 3.8) is 0 Å². The van der Waals surface area contributed by atoms with Crippen LogP contribution < -0.4 is 5.73 Å². The van der Waals surface area contributed by atoms with Crippen LogP contribution in [0.2, 0.25) is 0 Å². The monoisotopic (exact) mass is 239 g/mol. The van der Waals surface area contributed by atoms with Gasteiger partial charge in [0.2, 0.25) is 0 Å². The van der Waals surface area contributed by atoms with E-state index in [0.717, 1.165) is 45.3 Å². The number of hydrogen-bond acceptors (Lipinski definition) is 2. The fourth-order valence-electron chi connectivity index (χ4n) is 2.99. The molecule has 2 N–H and O–H groups in total. The Bertz CT molecular complexity index is 263. The van der Waals surface area contributed by atoms with Crippen LogP contribution >= 0.6 is 0 Å². The molecule has 0 aromatic heterocycles. The molecule has 0 bridgehead atoms. The van der Waals surface area contributed by atoms with Gasteiger partial charge in [-0.25, -0.2) is 4.79 Å². The average molecular weight is 239 g/mol. The second kappa shape index (κ2) is 5.71. The zero-order chi connectivity index (χ0) is 12.3. The second-order valence-electron chi connectivity index (χ2n) is 5.54. The third-order valence-corrected chi connectivity index (χ3v) is 4.12. The van der Waals surface area contributed by atoms with E-state index in [1.165, 1.54) is 6.42 Å². The van der Waals surface area contributed by atoms with Gasteiger partial charge in [-0.15, -0.1) is 0 Å². The van der Waals surface area contributed by atoms with Gasteiger partial charge in [0.25, 0.3) is 0 Å². The molecule has 2 saturated heterocycles. The predicted molar refractivity (Wildman–Crippen MR) is 68.8 cm³/mol. The van der Waals surface area contributed by atoms with Crippen LogP contribution in [0, 0.1) is 5.92 Å². The number of piperidine rings is 2. The first-order valence-corrected chi connectivity index (χ1v) is 6.98. The van der Waals surface area contributed by atoms with E-state index in [9.17, 15) is 4.79 Å². The number of hydrogen-bond donors (Lipinski definition) is 1. The number of nitrogens with zero attached hydrogens (tertiary/aromatic N) is 2. The lowest BCUT2D eigenvalue weighted by Crippen LogP contribution is -2.54. The largest absolute Gasteiger partial charge is 0.328 e. The van der Waals surface area contributed by atoms with E-state index in [1.807, 2.05) is 9.80 Å². The van der Waals surface area contributed by atoms with Gasteiger partial charge in [0.05, 0.1) is 0 Å². The fraction of sp³-hybridized carbons (Fsp3) is 0.923. The first-order valence-electron chi connectivity index (χ1n) is 6.98. The number of amides is 2. The first kappa shape index (κ1) is 12.7. The highest BCUT2D eigenvalue weighted by atomic mass is 16.2. The number of carbonyl (C=O) groups excluding carboxylic acids is 1. The second-order valence-corrected chi connectivity index (χ2v) is 5.54. The van der Waals surface area contributed by atoms with Crippen molar-refractivity contribution >= 4 is 6.03 Å². The standard InChI is InChI=1S/C13H25N3O/c1-11-5-8-16(12(9-11)10-14)13(17)15-6-3-2-4-7-15/h11-12H,2-10,14H2,1H3. The summed E-state index contributed by atoms with van der Waals surface area (Å²) in [6.07, 6.45) is 5.76. The van der Waals surface area contributed by atoms with Gasteiger partial charge < -0.3 is 15.5 Å². The van der Waals surface area contributed by atoms with Crippen LogP contribution in [0.5, 0.6) is 0 Å². The van der Waals surface area contributed by atoms with Crippen LogP contribution in [-0.2, 0) is 0 Å². The van der Waals surface area contributed by atoms with Crippen molar-refractivity contribution in [2.24, 2.45) is 11.7 Å². The van der Waals surface area contributed by atoms with E-state index in [1.54, 1.807) is 0 Å². The van der Waals surface area contributed by atoms with Crippen molar-refractivity contribution < 1.29 is 4.79 Å². The molecule has 2 aliphatic heterocycles. The van der Waals surface area contributed by atoms with E-state index in [4.69, 9.17) is 5.73 Å². The Hall–Kier alpha value is -0.770. The van der Waals surface area contributed by atoms with E-state index in [-0.39, 0.29) is 12.1 Å². The number of urea groups is 1. The van der Waals surface area contributed by atoms with Crippen LogP contribution in [0.1, 0.15) is 39.0 Å². The summed E-state index contributed by atoms with van der Waals surface area (Å²) in [7, 11) is 0. The lowest BCUT2D eigenvalue weighted by molar-refractivity contribution is 0.0981. The molecule has 0 aromatic rings. The fourth-order valence-corrected chi connectivity index (χ4v) is 2.99. The smallest absolute Gasteiger partial charge is 0.320 e. The molecule has 0 aliphatic carbocycles. The Morgan fingerprint density at radius 1 is 1.24 bits per heavy atom. The van der Waals surface area contributed by atoms with Crippen LogP contribution in [0.15, 0.2) is 0 Å². The Labute approximate surface area is 104 Å². The lowest BCUT2D eigenvalue weighted by atomic mass is 9.92. The molecule has 4 nitrogen and oxygen atoms in total. The molecule has 2 rings (SSSR count). The minimum absolute atomic E-state index is 0.229. The van der Waals surface area contributed by atoms with E-state index < -0.39 is 0 Å². The maximum atomic E-state index is 12.4. The van der Waals surface area contributed by atoms with Crippen LogP contribution in [0.3, 0.4) is 0 Å². The molecule has 4 heteroatoms. The van der Waals surface area contributed by atoms with Gasteiger partial charge >= 0.3 is 6.03 Å². The SMILES string of the molecule is CC1CCN(C(=O)N2CCCCC2)C(CN)C1. The highest BCUT2D eigenvalue weighted by Crippen LogP contribution is 2.24. The van der Waals surface area contributed by atoms with Gasteiger partial charge in [-0.2, -0.15) is 0 Å². The third-order valence-electron chi connectivity index (χ3n) is 4.12. The van der Waals surface area contributed by atoms with Gasteiger partial charge in [-0.1, -0.05) is 6.92 Å². The number of rotatable bonds is 1. The predicted octanol–water partition coefficient (Wildman–Crippen LogP) is 1.65. The molecule has 2 fully saturated rings. The highest BCUT2D eigenvalue weighted by molar-refractivity contribution is 5.75. The van der Waals surface area contributed by atoms with Gasteiger partial charge in [0.1, 0.15) is 0 Å². The Balaban J connectivity index is 1.96. The van der Waals surface area contributed by atoms with Gasteiger partial charge in [0, 0.05) is 32.2 Å². The van der Waals surface area contributed by atoms with Crippen molar-refractivity contribution in [1.82, 2.24) is 9.80 Å². The van der Waals surface area contributed by atoms with Crippen LogP contribution in [-0.4, -0.2) is 48.1 Å². The summed E-state index contributed by atoms with van der Waals surface area (Å²) in [6, 6.07) is 0.486. The van der Waals surface area contributed by atoms with E-state index in [0.29, 0.717) is 12.5 Å². The summed E-state index contributed by atoms with van der Waals surface area (Å²) in [5.74, 6) is 0.703. The number of likely N-dealkylation sites (tertiary alicyclic amines) is 2. The highest BCUT2D eigenvalue weighted by Gasteiger charge is 2.31. The van der Waals surface area contributed by atoms with Crippen molar-refractivity contribution in [2.75, 3.05) is 26.2 Å². The molecule has 2 amide bonds. The minimum Gasteiger partial charge on any atom is -0.328 e. The lowest BCUT2D eigenvalue weighted by Gasteiger charge is -2.41. The number of nitrogens with two attached hydrogens (primary N) is 1. The summed E-state index contributed by atoms with van der Waals surface area (Å²) in [5.41, 5.74) is 5.81. The summed E-state index contributed by atoms with van der Waals surface area (Å²) >= 11 is 0. The molecule has 0 radical (unpaired) electrons. The third kappa shape index (κ3) is 2.92. The van der Waals surface area contributed by atoms with Gasteiger partial charge in [-0.3, -0.25) is 0 Å². The summed E-state index contributed by atoms with van der Waals surface area (Å²) in [5, 5.41) is 0. The van der Waals surface area contributed by atoms with Crippen molar-refractivity contribution in [3.05, 3.63) is 0 Å². The Morgan fingerprint density at radius 2 is 1.94 bits per heavy atom. The molecule has 98 valence electrons. The molecule has 0 aromatic carbocycles. The maximum Gasteiger partial charge on any atom is 0.320 e. The van der Waals surface area contributed by atoms with Crippen molar-refractivity contribution in [2.45, 2.75) is 45.1 Å². The Kier molecular flexibility index (Phi) is 4.26. The molecule has 2 aliphatic rings. The van der Waals surface area contributed by atoms with Crippen molar-refractivity contribution in [3.8, 4) is 0 Å². The van der Waals surface area contributed by atoms with E-state index >= 15 is 0 Å². The van der Waals surface area contributed by atoms with Gasteiger partial charge in [0.15, 0.2) is 0 Å². The Morgan fingerprint density at radius 3 is 2.59 bits per heavy atom. The molecule has 2 atom stereocenters. The maximum absolute atomic E-state index is 12.4. The summed E-state index contributed by atoms with van der Waals surface area (Å²) in [6.45, 7) is 5.61. The zero-order valence-electron chi connectivity index (χ0n) is 10.9. The molecule has 2 unspecified atom stereocenters. The topological polar surface area (TPSA) is 49.6 Å². The molecule has 0 spiro atoms. The molecular formula is C13H25N3O. The van der Waals surface area contributed by atoms with Crippen molar-refractivity contribution in [1.29, 1.82) is 0 Å². The van der Waals surface area contributed by atoms with E-state index in [2.05, 4.69) is 6.92 Å². The first-order chi connectivity index (χ1) is 8.22. The molecule has 2 heterocycles.